The van der Waals surface area contributed by atoms with Crippen molar-refractivity contribution in [1.29, 1.82) is 0 Å². The molecule has 0 radical (unpaired) electrons. The number of thioether (sulfide) groups is 1. The van der Waals surface area contributed by atoms with Gasteiger partial charge in [-0.15, -0.1) is 11.3 Å². The number of rotatable bonds is 6. The van der Waals surface area contributed by atoms with Gasteiger partial charge in [0.25, 0.3) is 0 Å². The molecule has 1 N–H and O–H groups in total. The highest BCUT2D eigenvalue weighted by atomic mass is 79.9. The molecule has 0 fully saturated rings. The van der Waals surface area contributed by atoms with Crippen LogP contribution in [0.4, 0.5) is 0 Å². The van der Waals surface area contributed by atoms with Crippen LogP contribution in [0.15, 0.2) is 15.9 Å². The smallest absolute Gasteiger partial charge is 0.0701 e. The Kier molecular flexibility index (Phi) is 6.17. The highest BCUT2D eigenvalue weighted by molar-refractivity contribution is 9.11. The van der Waals surface area contributed by atoms with E-state index in [1.54, 1.807) is 11.3 Å². The lowest BCUT2D eigenvalue weighted by molar-refractivity contribution is 0.653. The average Bonchev–Trinajstić information content (AvgIpc) is 2.58. The lowest BCUT2D eigenvalue weighted by Gasteiger charge is -2.07. The second-order valence-electron chi connectivity index (χ2n) is 3.22. The molecule has 1 atom stereocenters. The third-order valence-electron chi connectivity index (χ3n) is 2.06. The molecule has 0 aliphatic rings. The highest BCUT2D eigenvalue weighted by Gasteiger charge is 1.99. The van der Waals surface area contributed by atoms with E-state index in [1.807, 2.05) is 11.8 Å². The summed E-state index contributed by atoms with van der Waals surface area (Å²) < 4.78 is 1.21. The fourth-order valence-corrected chi connectivity index (χ4v) is 2.89. The molecule has 0 bridgehead atoms. The Morgan fingerprint density at radius 3 is 2.93 bits per heavy atom. The van der Waals surface area contributed by atoms with Gasteiger partial charge in [0, 0.05) is 16.7 Å². The van der Waals surface area contributed by atoms with E-state index in [0.29, 0.717) is 0 Å². The van der Waals surface area contributed by atoms with Crippen LogP contribution in [0.5, 0.6) is 0 Å². The summed E-state index contributed by atoms with van der Waals surface area (Å²) in [6.07, 6.45) is 3.41. The normalized spacial score (nSPS) is 13.1. The van der Waals surface area contributed by atoms with Gasteiger partial charge >= 0.3 is 0 Å². The van der Waals surface area contributed by atoms with Gasteiger partial charge < -0.3 is 5.32 Å². The number of nitrogens with one attached hydrogen (secondary N) is 1. The predicted molar refractivity (Wildman–Crippen MR) is 71.3 cm³/mol. The van der Waals surface area contributed by atoms with Crippen molar-refractivity contribution in [3.63, 3.8) is 0 Å². The van der Waals surface area contributed by atoms with Crippen molar-refractivity contribution in [2.24, 2.45) is 0 Å². The Bertz CT molecular complexity index is 262. The van der Waals surface area contributed by atoms with Crippen LogP contribution < -0.4 is 5.32 Å². The zero-order chi connectivity index (χ0) is 10.4. The summed E-state index contributed by atoms with van der Waals surface area (Å²) in [7, 11) is 0. The third-order valence-corrected chi connectivity index (χ3v) is 4.72. The molecule has 0 amide bonds. The first kappa shape index (κ1) is 12.6. The molecule has 1 rings (SSSR count). The van der Waals surface area contributed by atoms with E-state index in [2.05, 4.69) is 46.6 Å². The van der Waals surface area contributed by atoms with Crippen molar-refractivity contribution < 1.29 is 0 Å². The molecule has 0 aliphatic heterocycles. The third kappa shape index (κ3) is 4.82. The molecule has 1 aromatic rings. The maximum atomic E-state index is 3.46. The van der Waals surface area contributed by atoms with Crippen molar-refractivity contribution in [2.45, 2.75) is 25.1 Å². The zero-order valence-corrected chi connectivity index (χ0v) is 11.8. The monoisotopic (exact) mass is 293 g/mol. The largest absolute Gasteiger partial charge is 0.312 e. The maximum absolute atomic E-state index is 3.46. The van der Waals surface area contributed by atoms with E-state index in [-0.39, 0.29) is 0 Å². The lowest BCUT2D eigenvalue weighted by Crippen LogP contribution is -2.16. The van der Waals surface area contributed by atoms with Gasteiger partial charge in [-0.3, -0.25) is 0 Å². The SMILES string of the molecule is CSC(C)CCNCc1ccc(Br)s1. The molecule has 80 valence electrons. The minimum Gasteiger partial charge on any atom is -0.312 e. The molecular formula is C10H16BrNS2. The molecule has 0 saturated carbocycles. The van der Waals surface area contributed by atoms with Crippen LogP contribution in [-0.4, -0.2) is 18.1 Å². The number of halogens is 1. The van der Waals surface area contributed by atoms with Crippen LogP contribution in [0.25, 0.3) is 0 Å². The van der Waals surface area contributed by atoms with Gasteiger partial charge in [0.05, 0.1) is 3.79 Å². The van der Waals surface area contributed by atoms with Gasteiger partial charge in [-0.05, 0) is 47.3 Å². The number of hydrogen-bond donors (Lipinski definition) is 1. The standard InChI is InChI=1S/C10H16BrNS2/c1-8(13-2)5-6-12-7-9-3-4-10(11)14-9/h3-4,8,12H,5-7H2,1-2H3. The van der Waals surface area contributed by atoms with Crippen LogP contribution in [0.2, 0.25) is 0 Å². The van der Waals surface area contributed by atoms with Crippen molar-refractivity contribution in [3.8, 4) is 0 Å². The first-order valence-electron chi connectivity index (χ1n) is 4.70. The van der Waals surface area contributed by atoms with Crippen molar-refractivity contribution in [2.75, 3.05) is 12.8 Å². The summed E-state index contributed by atoms with van der Waals surface area (Å²) in [4.78, 5) is 1.40. The van der Waals surface area contributed by atoms with Gasteiger partial charge in [-0.1, -0.05) is 6.92 Å². The maximum Gasteiger partial charge on any atom is 0.0701 e. The van der Waals surface area contributed by atoms with Crippen LogP contribution >= 0.6 is 39.0 Å². The van der Waals surface area contributed by atoms with Crippen molar-refractivity contribution in [1.82, 2.24) is 5.32 Å². The fourth-order valence-electron chi connectivity index (χ4n) is 1.08. The molecule has 0 spiro atoms. The first-order valence-corrected chi connectivity index (χ1v) is 7.60. The molecule has 1 heterocycles. The first-order chi connectivity index (χ1) is 6.72. The Morgan fingerprint density at radius 1 is 1.57 bits per heavy atom. The molecule has 4 heteroatoms. The van der Waals surface area contributed by atoms with Crippen molar-refractivity contribution >= 4 is 39.0 Å². The van der Waals surface area contributed by atoms with E-state index < -0.39 is 0 Å². The van der Waals surface area contributed by atoms with E-state index in [9.17, 15) is 0 Å². The molecule has 1 unspecified atom stereocenters. The van der Waals surface area contributed by atoms with E-state index >= 15 is 0 Å². The quantitative estimate of drug-likeness (QED) is 0.802. The van der Waals surface area contributed by atoms with Crippen LogP contribution in [0.3, 0.4) is 0 Å². The lowest BCUT2D eigenvalue weighted by atomic mass is 10.3. The zero-order valence-electron chi connectivity index (χ0n) is 8.55. The Hall–Kier alpha value is 0.490. The number of hydrogen-bond acceptors (Lipinski definition) is 3. The van der Waals surface area contributed by atoms with Gasteiger partial charge in [0.1, 0.15) is 0 Å². The molecule has 14 heavy (non-hydrogen) atoms. The van der Waals surface area contributed by atoms with E-state index in [4.69, 9.17) is 0 Å². The van der Waals surface area contributed by atoms with Gasteiger partial charge in [0.2, 0.25) is 0 Å². The summed E-state index contributed by atoms with van der Waals surface area (Å²) >= 11 is 7.19. The number of thiophene rings is 1. The summed E-state index contributed by atoms with van der Waals surface area (Å²) in [6, 6.07) is 4.27. The molecule has 0 saturated heterocycles. The minimum absolute atomic E-state index is 0.762. The van der Waals surface area contributed by atoms with Gasteiger partial charge in [0.15, 0.2) is 0 Å². The molecular weight excluding hydrogens is 278 g/mol. The summed E-state index contributed by atoms with van der Waals surface area (Å²) in [5.41, 5.74) is 0. The van der Waals surface area contributed by atoms with E-state index in [0.717, 1.165) is 18.3 Å². The van der Waals surface area contributed by atoms with Crippen LogP contribution in [0.1, 0.15) is 18.2 Å². The molecule has 1 nitrogen and oxygen atoms in total. The van der Waals surface area contributed by atoms with Gasteiger partial charge in [-0.2, -0.15) is 11.8 Å². The van der Waals surface area contributed by atoms with Crippen LogP contribution in [-0.2, 0) is 6.54 Å². The Labute approximate surface area is 103 Å². The second-order valence-corrected chi connectivity index (χ2v) is 7.04. The Balaban J connectivity index is 2.10. The highest BCUT2D eigenvalue weighted by Crippen LogP contribution is 2.21. The summed E-state index contributed by atoms with van der Waals surface area (Å²) in [6.45, 7) is 4.38. The topological polar surface area (TPSA) is 12.0 Å². The van der Waals surface area contributed by atoms with Crippen LogP contribution in [0, 0.1) is 0 Å². The minimum atomic E-state index is 0.762. The van der Waals surface area contributed by atoms with E-state index in [1.165, 1.54) is 15.1 Å². The molecule has 1 aromatic heterocycles. The summed E-state index contributed by atoms with van der Waals surface area (Å²) in [5.74, 6) is 0. The fraction of sp³-hybridized carbons (Fsp3) is 0.600. The Morgan fingerprint density at radius 2 is 2.36 bits per heavy atom. The van der Waals surface area contributed by atoms with Crippen molar-refractivity contribution in [3.05, 3.63) is 20.8 Å². The summed E-state index contributed by atoms with van der Waals surface area (Å²) in [5, 5.41) is 4.22. The molecule has 0 aromatic carbocycles. The van der Waals surface area contributed by atoms with Gasteiger partial charge in [-0.25, -0.2) is 0 Å². The molecule has 0 aliphatic carbocycles. The second kappa shape index (κ2) is 6.88. The predicted octanol–water partition coefficient (Wildman–Crippen LogP) is 3.74. The average molecular weight is 294 g/mol.